The highest BCUT2D eigenvalue weighted by Crippen LogP contribution is 2.09. The molecule has 0 aromatic rings. The first-order chi connectivity index (χ1) is 9.71. The lowest BCUT2D eigenvalue weighted by Gasteiger charge is -2.27. The van der Waals surface area contributed by atoms with Gasteiger partial charge in [0.15, 0.2) is 5.96 Å². The predicted octanol–water partition coefficient (Wildman–Crippen LogP) is 1.94. The summed E-state index contributed by atoms with van der Waals surface area (Å²) >= 11 is 0. The van der Waals surface area contributed by atoms with Crippen molar-refractivity contribution in [1.29, 1.82) is 0 Å². The number of rotatable bonds is 9. The van der Waals surface area contributed by atoms with Crippen molar-refractivity contribution < 1.29 is 4.74 Å². The van der Waals surface area contributed by atoms with Crippen LogP contribution in [-0.4, -0.2) is 63.3 Å². The van der Waals surface area contributed by atoms with Crippen LogP contribution in [0, 0.1) is 5.92 Å². The number of hydrogen-bond donors (Lipinski definition) is 2. The molecular formula is C16H36N4O. The fourth-order valence-electron chi connectivity index (χ4n) is 1.91. The number of methoxy groups -OCH3 is 1. The zero-order valence-corrected chi connectivity index (χ0v) is 15.3. The molecule has 0 bridgehead atoms. The summed E-state index contributed by atoms with van der Waals surface area (Å²) in [5, 5.41) is 6.74. The lowest BCUT2D eigenvalue weighted by molar-refractivity contribution is 0.0310. The van der Waals surface area contributed by atoms with Crippen LogP contribution >= 0.6 is 0 Å². The number of nitrogens with one attached hydrogen (secondary N) is 2. The largest absolute Gasteiger partial charge is 0.377 e. The van der Waals surface area contributed by atoms with E-state index < -0.39 is 0 Å². The Morgan fingerprint density at radius 3 is 2.29 bits per heavy atom. The molecule has 1 atom stereocenters. The third kappa shape index (κ3) is 9.69. The number of ether oxygens (including phenoxy) is 1. The van der Waals surface area contributed by atoms with Gasteiger partial charge in [0.25, 0.3) is 0 Å². The molecule has 126 valence electrons. The van der Waals surface area contributed by atoms with Gasteiger partial charge in [0.2, 0.25) is 0 Å². The molecule has 5 heteroatoms. The van der Waals surface area contributed by atoms with Crippen LogP contribution in [-0.2, 0) is 4.74 Å². The fourth-order valence-corrected chi connectivity index (χ4v) is 1.91. The van der Waals surface area contributed by atoms with Gasteiger partial charge < -0.3 is 20.3 Å². The summed E-state index contributed by atoms with van der Waals surface area (Å²) in [6, 6.07) is 0.504. The second-order valence-electron chi connectivity index (χ2n) is 6.79. The van der Waals surface area contributed by atoms with Crippen LogP contribution in [0.15, 0.2) is 4.99 Å². The highest BCUT2D eigenvalue weighted by molar-refractivity contribution is 5.79. The fraction of sp³-hybridized carbons (Fsp3) is 0.938. The summed E-state index contributed by atoms with van der Waals surface area (Å²) in [4.78, 5) is 6.89. The maximum atomic E-state index is 5.41. The summed E-state index contributed by atoms with van der Waals surface area (Å²) in [6.07, 6.45) is 1.17. The van der Waals surface area contributed by atoms with Crippen LogP contribution < -0.4 is 10.6 Å². The standard InChI is InChI=1S/C16H36N4O/c1-9-17-15(19-12-16(4,5)21-8)18-11-14(20(6)7)10-13(2)3/h13-14H,9-12H2,1-8H3,(H2,17,18,19). The smallest absolute Gasteiger partial charge is 0.191 e. The second kappa shape index (κ2) is 10.0. The summed E-state index contributed by atoms with van der Waals surface area (Å²) < 4.78 is 5.41. The number of guanidine groups is 1. The van der Waals surface area contributed by atoms with Crippen molar-refractivity contribution >= 4 is 5.96 Å². The first-order valence-corrected chi connectivity index (χ1v) is 7.95. The minimum Gasteiger partial charge on any atom is -0.377 e. The van der Waals surface area contributed by atoms with E-state index in [9.17, 15) is 0 Å². The average molecular weight is 300 g/mol. The zero-order chi connectivity index (χ0) is 16.5. The molecule has 21 heavy (non-hydrogen) atoms. The van der Waals surface area contributed by atoms with E-state index in [-0.39, 0.29) is 5.60 Å². The molecule has 0 spiro atoms. The van der Waals surface area contributed by atoms with E-state index in [0.29, 0.717) is 18.5 Å². The van der Waals surface area contributed by atoms with Crippen LogP contribution in [0.5, 0.6) is 0 Å². The number of nitrogens with zero attached hydrogens (tertiary/aromatic N) is 2. The van der Waals surface area contributed by atoms with Crippen molar-refractivity contribution in [2.75, 3.05) is 40.8 Å². The van der Waals surface area contributed by atoms with Crippen LogP contribution in [0.1, 0.15) is 41.0 Å². The molecular weight excluding hydrogens is 264 g/mol. The van der Waals surface area contributed by atoms with Gasteiger partial charge in [-0.3, -0.25) is 4.99 Å². The Balaban J connectivity index is 4.58. The van der Waals surface area contributed by atoms with Gasteiger partial charge in [-0.2, -0.15) is 0 Å². The molecule has 0 rings (SSSR count). The Labute approximate surface area is 131 Å². The van der Waals surface area contributed by atoms with Crippen molar-refractivity contribution in [2.24, 2.45) is 10.9 Å². The van der Waals surface area contributed by atoms with Gasteiger partial charge in [0.1, 0.15) is 0 Å². The minimum atomic E-state index is -0.235. The Morgan fingerprint density at radius 1 is 1.24 bits per heavy atom. The molecule has 0 saturated heterocycles. The highest BCUT2D eigenvalue weighted by atomic mass is 16.5. The Hall–Kier alpha value is -0.810. The minimum absolute atomic E-state index is 0.235. The maximum Gasteiger partial charge on any atom is 0.191 e. The predicted molar refractivity (Wildman–Crippen MR) is 92.0 cm³/mol. The molecule has 0 fully saturated rings. The van der Waals surface area contributed by atoms with Gasteiger partial charge in [-0.15, -0.1) is 0 Å². The van der Waals surface area contributed by atoms with Crippen LogP contribution in [0.4, 0.5) is 0 Å². The van der Waals surface area contributed by atoms with E-state index in [0.717, 1.165) is 19.0 Å². The van der Waals surface area contributed by atoms with E-state index in [2.05, 4.69) is 55.4 Å². The van der Waals surface area contributed by atoms with E-state index >= 15 is 0 Å². The summed E-state index contributed by atoms with van der Waals surface area (Å²) in [7, 11) is 5.99. The van der Waals surface area contributed by atoms with Gasteiger partial charge in [-0.1, -0.05) is 13.8 Å². The summed E-state index contributed by atoms with van der Waals surface area (Å²) in [5.74, 6) is 1.55. The zero-order valence-electron chi connectivity index (χ0n) is 15.3. The van der Waals surface area contributed by atoms with E-state index in [4.69, 9.17) is 4.74 Å². The first-order valence-electron chi connectivity index (χ1n) is 7.95. The Morgan fingerprint density at radius 2 is 1.86 bits per heavy atom. The normalized spacial score (nSPS) is 14.7. The van der Waals surface area contributed by atoms with Crippen LogP contribution in [0.3, 0.4) is 0 Å². The number of hydrogen-bond acceptors (Lipinski definition) is 3. The highest BCUT2D eigenvalue weighted by Gasteiger charge is 2.17. The summed E-state index contributed by atoms with van der Waals surface area (Å²) in [6.45, 7) is 13.1. The van der Waals surface area contributed by atoms with Crippen LogP contribution in [0.2, 0.25) is 0 Å². The Bertz CT molecular complexity index is 301. The molecule has 0 aliphatic rings. The molecule has 0 amide bonds. The lowest BCUT2D eigenvalue weighted by Crippen LogP contribution is -2.46. The van der Waals surface area contributed by atoms with Crippen LogP contribution in [0.25, 0.3) is 0 Å². The SMILES string of the molecule is CCNC(=NCC(C)(C)OC)NCC(CC(C)C)N(C)C. The average Bonchev–Trinajstić information content (AvgIpc) is 2.39. The van der Waals surface area contributed by atoms with Crippen molar-refractivity contribution in [1.82, 2.24) is 15.5 Å². The van der Waals surface area contributed by atoms with Crippen molar-refractivity contribution in [3.05, 3.63) is 0 Å². The van der Waals surface area contributed by atoms with Gasteiger partial charge in [0.05, 0.1) is 12.1 Å². The molecule has 5 nitrogen and oxygen atoms in total. The number of aliphatic imine (C=N–C) groups is 1. The van der Waals surface area contributed by atoms with E-state index in [1.54, 1.807) is 7.11 Å². The second-order valence-corrected chi connectivity index (χ2v) is 6.79. The molecule has 0 aliphatic heterocycles. The van der Waals surface area contributed by atoms with E-state index in [1.165, 1.54) is 6.42 Å². The molecule has 0 heterocycles. The third-order valence-corrected chi connectivity index (χ3v) is 3.49. The van der Waals surface area contributed by atoms with Gasteiger partial charge in [0, 0.05) is 26.2 Å². The molecule has 1 unspecified atom stereocenters. The summed E-state index contributed by atoms with van der Waals surface area (Å²) in [5.41, 5.74) is -0.235. The molecule has 0 aromatic carbocycles. The lowest BCUT2D eigenvalue weighted by atomic mass is 10.0. The monoisotopic (exact) mass is 300 g/mol. The first kappa shape index (κ1) is 20.2. The molecule has 0 aromatic heterocycles. The van der Waals surface area contributed by atoms with Crippen molar-refractivity contribution in [3.8, 4) is 0 Å². The Kier molecular flexibility index (Phi) is 9.62. The maximum absolute atomic E-state index is 5.41. The van der Waals surface area contributed by atoms with Gasteiger partial charge in [-0.05, 0) is 47.2 Å². The van der Waals surface area contributed by atoms with Gasteiger partial charge in [-0.25, -0.2) is 0 Å². The van der Waals surface area contributed by atoms with Gasteiger partial charge >= 0.3 is 0 Å². The van der Waals surface area contributed by atoms with E-state index in [1.807, 2.05) is 13.8 Å². The molecule has 2 N–H and O–H groups in total. The molecule has 0 radical (unpaired) electrons. The topological polar surface area (TPSA) is 48.9 Å². The quantitative estimate of drug-likeness (QED) is 0.505. The van der Waals surface area contributed by atoms with Crippen molar-refractivity contribution in [2.45, 2.75) is 52.7 Å². The van der Waals surface area contributed by atoms with Crippen molar-refractivity contribution in [3.63, 3.8) is 0 Å². The number of likely N-dealkylation sites (N-methyl/N-ethyl adjacent to an activating group) is 1. The third-order valence-electron chi connectivity index (χ3n) is 3.49. The molecule has 0 saturated carbocycles. The molecule has 0 aliphatic carbocycles.